The zero-order chi connectivity index (χ0) is 17.5. The molecule has 2 unspecified atom stereocenters. The maximum absolute atomic E-state index is 4.25. The molecular weight excluding hydrogens is 344 g/mol. The van der Waals surface area contributed by atoms with E-state index in [1.165, 1.54) is 49.0 Å². The van der Waals surface area contributed by atoms with Gasteiger partial charge >= 0.3 is 0 Å². The van der Waals surface area contributed by atoms with Crippen LogP contribution in [-0.2, 0) is 19.4 Å². The van der Waals surface area contributed by atoms with Gasteiger partial charge < -0.3 is 4.57 Å². The van der Waals surface area contributed by atoms with Crippen LogP contribution < -0.4 is 0 Å². The van der Waals surface area contributed by atoms with E-state index in [0.717, 1.165) is 18.2 Å². The van der Waals surface area contributed by atoms with Crippen LogP contribution in [0, 0.1) is 0 Å². The first-order valence-corrected chi connectivity index (χ1v) is 11.4. The molecule has 1 saturated heterocycles. The van der Waals surface area contributed by atoms with Crippen molar-refractivity contribution in [2.75, 3.05) is 5.75 Å². The number of aryl methyl sites for hydroxylation is 2. The molecule has 0 aliphatic carbocycles. The summed E-state index contributed by atoms with van der Waals surface area (Å²) in [4.78, 5) is 4.25. The van der Waals surface area contributed by atoms with Crippen LogP contribution in [-0.4, -0.2) is 24.6 Å². The molecule has 2 atom stereocenters. The Morgan fingerprint density at radius 1 is 1.20 bits per heavy atom. The van der Waals surface area contributed by atoms with Crippen LogP contribution in [0.15, 0.2) is 43.0 Å². The SMILES string of the molecule is CCCCC1CSC(CCc2ccc(CC)cc2)(Cn2ccnc2)S1. The Morgan fingerprint density at radius 2 is 2.00 bits per heavy atom. The Kier molecular flexibility index (Phi) is 6.94. The lowest BCUT2D eigenvalue weighted by Crippen LogP contribution is -2.25. The average Bonchev–Trinajstić information content (AvgIpc) is 3.29. The van der Waals surface area contributed by atoms with Crippen molar-refractivity contribution >= 4 is 23.5 Å². The molecule has 0 saturated carbocycles. The maximum atomic E-state index is 4.25. The van der Waals surface area contributed by atoms with Crippen molar-refractivity contribution in [2.24, 2.45) is 0 Å². The van der Waals surface area contributed by atoms with Gasteiger partial charge in [0.2, 0.25) is 0 Å². The lowest BCUT2D eigenvalue weighted by Gasteiger charge is -2.28. The second-order valence-electron chi connectivity index (χ2n) is 7.01. The first-order chi connectivity index (χ1) is 12.2. The summed E-state index contributed by atoms with van der Waals surface area (Å²) in [6.07, 6.45) is 13.5. The highest BCUT2D eigenvalue weighted by Gasteiger charge is 2.40. The van der Waals surface area contributed by atoms with Crippen LogP contribution in [0.2, 0.25) is 0 Å². The van der Waals surface area contributed by atoms with Crippen molar-refractivity contribution in [3.63, 3.8) is 0 Å². The fraction of sp³-hybridized carbons (Fsp3) is 0.571. The lowest BCUT2D eigenvalue weighted by molar-refractivity contribution is 0.591. The molecule has 2 heterocycles. The van der Waals surface area contributed by atoms with Gasteiger partial charge in [-0.1, -0.05) is 51.0 Å². The summed E-state index contributed by atoms with van der Waals surface area (Å²) in [5, 5.41) is 0.816. The number of nitrogens with zero attached hydrogens (tertiary/aromatic N) is 2. The van der Waals surface area contributed by atoms with Crippen molar-refractivity contribution in [3.05, 3.63) is 54.1 Å². The Morgan fingerprint density at radius 3 is 2.68 bits per heavy atom. The van der Waals surface area contributed by atoms with Gasteiger partial charge in [-0.25, -0.2) is 4.98 Å². The van der Waals surface area contributed by atoms with Gasteiger partial charge in [0, 0.05) is 29.9 Å². The third kappa shape index (κ3) is 5.30. The summed E-state index contributed by atoms with van der Waals surface area (Å²) in [5.74, 6) is 1.30. The zero-order valence-electron chi connectivity index (χ0n) is 15.5. The summed E-state index contributed by atoms with van der Waals surface area (Å²) in [5.41, 5.74) is 2.90. The molecule has 4 heteroatoms. The molecule has 1 aliphatic heterocycles. The Balaban J connectivity index is 1.65. The minimum atomic E-state index is 0.294. The molecule has 25 heavy (non-hydrogen) atoms. The van der Waals surface area contributed by atoms with E-state index in [9.17, 15) is 0 Å². The minimum absolute atomic E-state index is 0.294. The molecule has 1 aromatic heterocycles. The minimum Gasteiger partial charge on any atom is -0.335 e. The molecule has 2 aromatic rings. The summed E-state index contributed by atoms with van der Waals surface area (Å²) in [6, 6.07) is 9.22. The summed E-state index contributed by atoms with van der Waals surface area (Å²) >= 11 is 4.43. The second kappa shape index (κ2) is 9.18. The number of rotatable bonds is 9. The number of hydrogen-bond acceptors (Lipinski definition) is 3. The van der Waals surface area contributed by atoms with Crippen molar-refractivity contribution in [1.29, 1.82) is 0 Å². The highest BCUT2D eigenvalue weighted by Crippen LogP contribution is 2.53. The number of thioether (sulfide) groups is 2. The van der Waals surface area contributed by atoms with Gasteiger partial charge in [0.1, 0.15) is 0 Å². The normalized spacial score (nSPS) is 23.2. The fourth-order valence-corrected chi connectivity index (χ4v) is 7.26. The molecule has 1 fully saturated rings. The van der Waals surface area contributed by atoms with E-state index in [2.05, 4.69) is 77.4 Å². The van der Waals surface area contributed by atoms with E-state index in [1.807, 2.05) is 12.5 Å². The van der Waals surface area contributed by atoms with Crippen LogP contribution in [0.1, 0.15) is 50.7 Å². The highest BCUT2D eigenvalue weighted by atomic mass is 32.2. The van der Waals surface area contributed by atoms with E-state index in [1.54, 1.807) is 0 Å². The first-order valence-electron chi connectivity index (χ1n) is 9.58. The van der Waals surface area contributed by atoms with E-state index >= 15 is 0 Å². The van der Waals surface area contributed by atoms with Crippen molar-refractivity contribution in [1.82, 2.24) is 9.55 Å². The highest BCUT2D eigenvalue weighted by molar-refractivity contribution is 8.21. The van der Waals surface area contributed by atoms with E-state index in [4.69, 9.17) is 0 Å². The number of benzene rings is 1. The molecule has 136 valence electrons. The van der Waals surface area contributed by atoms with Gasteiger partial charge in [-0.3, -0.25) is 0 Å². The van der Waals surface area contributed by atoms with Crippen LogP contribution >= 0.6 is 23.5 Å². The lowest BCUT2D eigenvalue weighted by atomic mass is 10.0. The topological polar surface area (TPSA) is 17.8 Å². The summed E-state index contributed by atoms with van der Waals surface area (Å²) < 4.78 is 2.56. The number of aromatic nitrogens is 2. The van der Waals surface area contributed by atoms with Gasteiger partial charge in [0.05, 0.1) is 10.4 Å². The van der Waals surface area contributed by atoms with Crippen LogP contribution in [0.3, 0.4) is 0 Å². The molecule has 3 rings (SSSR count). The monoisotopic (exact) mass is 374 g/mol. The molecule has 0 amide bonds. The zero-order valence-corrected chi connectivity index (χ0v) is 17.1. The van der Waals surface area contributed by atoms with Crippen LogP contribution in [0.5, 0.6) is 0 Å². The molecule has 0 radical (unpaired) electrons. The quantitative estimate of drug-likeness (QED) is 0.551. The largest absolute Gasteiger partial charge is 0.335 e. The average molecular weight is 375 g/mol. The molecule has 1 aliphatic rings. The number of hydrogen-bond donors (Lipinski definition) is 0. The predicted molar refractivity (Wildman–Crippen MR) is 112 cm³/mol. The molecular formula is C21H30N2S2. The third-order valence-corrected chi connectivity index (χ3v) is 8.78. The Bertz CT molecular complexity index is 624. The standard InChI is InChI=1S/C21H30N2S2/c1-3-5-6-20-15-24-21(25-20,16-23-14-13-22-17-23)12-11-19-9-7-18(4-2)8-10-19/h7-10,13-14,17,20H,3-6,11-12,15-16H2,1-2H3. The molecule has 0 N–H and O–H groups in total. The third-order valence-electron chi connectivity index (χ3n) is 5.00. The van der Waals surface area contributed by atoms with Gasteiger partial charge in [0.25, 0.3) is 0 Å². The predicted octanol–water partition coefficient (Wildman–Crippen LogP) is 5.81. The van der Waals surface area contributed by atoms with Crippen molar-refractivity contribution in [3.8, 4) is 0 Å². The molecule has 2 nitrogen and oxygen atoms in total. The van der Waals surface area contributed by atoms with Gasteiger partial charge in [0.15, 0.2) is 0 Å². The van der Waals surface area contributed by atoms with Crippen molar-refractivity contribution in [2.45, 2.75) is 68.2 Å². The number of unbranched alkanes of at least 4 members (excludes halogenated alkanes) is 1. The maximum Gasteiger partial charge on any atom is 0.0946 e. The van der Waals surface area contributed by atoms with E-state index < -0.39 is 0 Å². The summed E-state index contributed by atoms with van der Waals surface area (Å²) in [6.45, 7) is 5.58. The van der Waals surface area contributed by atoms with E-state index in [0.29, 0.717) is 4.08 Å². The smallest absolute Gasteiger partial charge is 0.0946 e. The Hall–Kier alpha value is -0.870. The van der Waals surface area contributed by atoms with Gasteiger partial charge in [-0.05, 0) is 36.8 Å². The molecule has 0 bridgehead atoms. The number of imidazole rings is 1. The summed E-state index contributed by atoms with van der Waals surface area (Å²) in [7, 11) is 0. The van der Waals surface area contributed by atoms with Crippen molar-refractivity contribution < 1.29 is 0 Å². The van der Waals surface area contributed by atoms with Crippen LogP contribution in [0.4, 0.5) is 0 Å². The first kappa shape index (κ1) is 18.9. The molecule has 1 aromatic carbocycles. The van der Waals surface area contributed by atoms with Gasteiger partial charge in [-0.15, -0.1) is 23.5 Å². The Labute approximate surface area is 161 Å². The van der Waals surface area contributed by atoms with E-state index in [-0.39, 0.29) is 0 Å². The van der Waals surface area contributed by atoms with Gasteiger partial charge in [-0.2, -0.15) is 0 Å². The molecule has 0 spiro atoms. The second-order valence-corrected chi connectivity index (χ2v) is 10.4. The fourth-order valence-electron chi connectivity index (χ4n) is 3.42. The van der Waals surface area contributed by atoms with Crippen LogP contribution in [0.25, 0.3) is 0 Å².